The molecule has 1 aliphatic heterocycles. The van der Waals surface area contributed by atoms with E-state index in [1.807, 2.05) is 24.3 Å². The molecular weight excluding hydrogens is 453 g/mol. The highest BCUT2D eigenvalue weighted by Gasteiger charge is 2.34. The number of hydrogen-bond donors (Lipinski definition) is 3. The van der Waals surface area contributed by atoms with Crippen molar-refractivity contribution in [3.63, 3.8) is 0 Å². The average molecular weight is 484 g/mol. The molecule has 3 aromatic heterocycles. The van der Waals surface area contributed by atoms with Crippen LogP contribution >= 0.6 is 0 Å². The number of nitrogens with one attached hydrogen (secondary N) is 2. The van der Waals surface area contributed by atoms with E-state index in [0.717, 1.165) is 18.5 Å². The largest absolute Gasteiger partial charge is 0.384 e. The summed E-state index contributed by atoms with van der Waals surface area (Å²) in [6, 6.07) is 14.6. The standard InChI is InChI=1S/C28H30FN7/c1-16(14-21-11-6-17(2)32-21)18-9-12-20(13-10-18)33-28-31-15-22-25(29)26(19-7-8-19)36(27(22)35-28)24-5-3-4-23(30)34-24/h3-5,9-10,12-15,17,19,21,32H,6-8,11H2,1-2H3,(H2,30,34)(H,31,33,35)/b16-14+. The zero-order valence-electron chi connectivity index (χ0n) is 20.5. The van der Waals surface area contributed by atoms with Crippen LogP contribution in [0.25, 0.3) is 22.4 Å². The fraction of sp³-hybridized carbons (Fsp3) is 0.321. The third-order valence-corrected chi connectivity index (χ3v) is 7.09. The Labute approximate surface area is 209 Å². The fourth-order valence-electron chi connectivity index (χ4n) is 5.06. The first kappa shape index (κ1) is 22.7. The van der Waals surface area contributed by atoms with E-state index in [-0.39, 0.29) is 11.7 Å². The Hall–Kier alpha value is -3.78. The molecule has 2 fully saturated rings. The van der Waals surface area contributed by atoms with Gasteiger partial charge >= 0.3 is 0 Å². The van der Waals surface area contributed by atoms with Crippen molar-refractivity contribution in [1.29, 1.82) is 0 Å². The highest BCUT2D eigenvalue weighted by atomic mass is 19.1. The maximum atomic E-state index is 15.4. The third-order valence-electron chi connectivity index (χ3n) is 7.09. The van der Waals surface area contributed by atoms with Gasteiger partial charge in [-0.1, -0.05) is 24.3 Å². The molecule has 1 aromatic carbocycles. The van der Waals surface area contributed by atoms with E-state index >= 15 is 4.39 Å². The summed E-state index contributed by atoms with van der Waals surface area (Å²) in [5, 5.41) is 7.26. The third kappa shape index (κ3) is 4.33. The van der Waals surface area contributed by atoms with Gasteiger partial charge in [-0.3, -0.25) is 4.57 Å². The van der Waals surface area contributed by atoms with Gasteiger partial charge in [-0.25, -0.2) is 14.4 Å². The van der Waals surface area contributed by atoms with Crippen LogP contribution in [0.3, 0.4) is 0 Å². The summed E-state index contributed by atoms with van der Waals surface area (Å²) < 4.78 is 17.2. The maximum Gasteiger partial charge on any atom is 0.229 e. The minimum atomic E-state index is -0.277. The molecule has 2 atom stereocenters. The Kier molecular flexibility index (Phi) is 5.68. The number of aromatic nitrogens is 4. The normalized spacial score (nSPS) is 20.2. The van der Waals surface area contributed by atoms with Crippen molar-refractivity contribution in [2.24, 2.45) is 0 Å². The highest BCUT2D eigenvalue weighted by molar-refractivity contribution is 5.81. The van der Waals surface area contributed by atoms with Crippen LogP contribution in [-0.4, -0.2) is 31.6 Å². The van der Waals surface area contributed by atoms with Crippen molar-refractivity contribution in [3.05, 3.63) is 71.8 Å². The predicted molar refractivity (Wildman–Crippen MR) is 142 cm³/mol. The number of nitrogen functional groups attached to an aromatic ring is 1. The maximum absolute atomic E-state index is 15.4. The molecule has 7 nitrogen and oxygen atoms in total. The van der Waals surface area contributed by atoms with Crippen LogP contribution in [0.1, 0.15) is 56.7 Å². The first-order valence-corrected chi connectivity index (χ1v) is 12.6. The van der Waals surface area contributed by atoms with Crippen molar-refractivity contribution in [3.8, 4) is 5.82 Å². The molecule has 1 aliphatic carbocycles. The van der Waals surface area contributed by atoms with Gasteiger partial charge in [0.05, 0.1) is 11.1 Å². The first-order valence-electron chi connectivity index (χ1n) is 12.6. The molecule has 8 heteroatoms. The molecule has 2 unspecified atom stereocenters. The predicted octanol–water partition coefficient (Wildman–Crippen LogP) is 5.70. The Morgan fingerprint density at radius 3 is 2.61 bits per heavy atom. The number of nitrogens with two attached hydrogens (primary N) is 1. The van der Waals surface area contributed by atoms with E-state index in [4.69, 9.17) is 10.7 Å². The number of halogens is 1. The summed E-state index contributed by atoms with van der Waals surface area (Å²) in [5.41, 5.74) is 10.3. The molecule has 4 N–H and O–H groups in total. The van der Waals surface area contributed by atoms with Gasteiger partial charge in [-0.05, 0) is 74.9 Å². The molecular formula is C28H30FN7. The van der Waals surface area contributed by atoms with Crippen LogP contribution in [0.2, 0.25) is 0 Å². The van der Waals surface area contributed by atoms with E-state index in [1.54, 1.807) is 16.8 Å². The number of benzene rings is 1. The Bertz CT molecular complexity index is 1450. The van der Waals surface area contributed by atoms with Gasteiger partial charge in [0.2, 0.25) is 5.95 Å². The number of allylic oxidation sites excluding steroid dienone is 1. The lowest BCUT2D eigenvalue weighted by molar-refractivity contribution is 0.613. The summed E-state index contributed by atoms with van der Waals surface area (Å²) >= 11 is 0. The van der Waals surface area contributed by atoms with E-state index in [1.165, 1.54) is 24.0 Å². The summed E-state index contributed by atoms with van der Waals surface area (Å²) in [6.45, 7) is 4.38. The van der Waals surface area contributed by atoms with Crippen LogP contribution < -0.4 is 16.4 Å². The number of nitrogens with zero attached hydrogens (tertiary/aromatic N) is 4. The van der Waals surface area contributed by atoms with E-state index in [0.29, 0.717) is 46.4 Å². The molecule has 2 aliphatic rings. The topological polar surface area (TPSA) is 93.7 Å². The number of anilines is 3. The molecule has 0 spiro atoms. The van der Waals surface area contributed by atoms with Gasteiger partial charge in [-0.2, -0.15) is 4.98 Å². The molecule has 1 saturated heterocycles. The minimum absolute atomic E-state index is 0.158. The molecule has 4 heterocycles. The molecule has 0 radical (unpaired) electrons. The highest BCUT2D eigenvalue weighted by Crippen LogP contribution is 2.45. The molecule has 36 heavy (non-hydrogen) atoms. The molecule has 0 bridgehead atoms. The van der Waals surface area contributed by atoms with Gasteiger partial charge in [0.1, 0.15) is 11.6 Å². The smallest absolute Gasteiger partial charge is 0.229 e. The zero-order chi connectivity index (χ0) is 24.8. The summed E-state index contributed by atoms with van der Waals surface area (Å²) in [4.78, 5) is 13.5. The quantitative estimate of drug-likeness (QED) is 0.326. The summed E-state index contributed by atoms with van der Waals surface area (Å²) in [6.07, 6.45) is 8.14. The molecule has 4 aromatic rings. The van der Waals surface area contributed by atoms with E-state index in [2.05, 4.69) is 52.7 Å². The fourth-order valence-corrected chi connectivity index (χ4v) is 5.06. The van der Waals surface area contributed by atoms with Crippen molar-refractivity contribution < 1.29 is 4.39 Å². The molecule has 1 saturated carbocycles. The van der Waals surface area contributed by atoms with Gasteiger partial charge in [0, 0.05) is 29.9 Å². The second kappa shape index (κ2) is 9.02. The molecule has 184 valence electrons. The lowest BCUT2D eigenvalue weighted by Gasteiger charge is -2.11. The van der Waals surface area contributed by atoms with Crippen LogP contribution in [0.15, 0.2) is 54.7 Å². The Morgan fingerprint density at radius 2 is 1.92 bits per heavy atom. The lowest BCUT2D eigenvalue weighted by Crippen LogP contribution is -2.25. The monoisotopic (exact) mass is 483 g/mol. The second-order valence-electron chi connectivity index (χ2n) is 9.96. The minimum Gasteiger partial charge on any atom is -0.384 e. The summed E-state index contributed by atoms with van der Waals surface area (Å²) in [5.74, 6) is 1.22. The second-order valence-corrected chi connectivity index (χ2v) is 9.96. The molecule has 0 amide bonds. The van der Waals surface area contributed by atoms with Crippen molar-refractivity contribution in [2.45, 2.75) is 57.5 Å². The number of rotatable bonds is 6. The van der Waals surface area contributed by atoms with Crippen molar-refractivity contribution >= 4 is 34.1 Å². The number of pyridine rings is 1. The van der Waals surface area contributed by atoms with Crippen molar-refractivity contribution in [1.82, 2.24) is 24.8 Å². The van der Waals surface area contributed by atoms with Gasteiger partial charge < -0.3 is 16.4 Å². The zero-order valence-corrected chi connectivity index (χ0v) is 20.5. The van der Waals surface area contributed by atoms with Crippen LogP contribution in [0.5, 0.6) is 0 Å². The van der Waals surface area contributed by atoms with E-state index < -0.39 is 0 Å². The van der Waals surface area contributed by atoms with Crippen LogP contribution in [0, 0.1) is 5.82 Å². The van der Waals surface area contributed by atoms with Gasteiger partial charge in [-0.15, -0.1) is 0 Å². The Balaban J connectivity index is 1.30. The van der Waals surface area contributed by atoms with Crippen LogP contribution in [-0.2, 0) is 0 Å². The molecule has 6 rings (SSSR count). The van der Waals surface area contributed by atoms with Crippen molar-refractivity contribution in [2.75, 3.05) is 11.1 Å². The first-order chi connectivity index (χ1) is 17.5. The lowest BCUT2D eigenvalue weighted by atomic mass is 10.0. The van der Waals surface area contributed by atoms with E-state index in [9.17, 15) is 0 Å². The Morgan fingerprint density at radius 1 is 1.11 bits per heavy atom. The van der Waals surface area contributed by atoms with Crippen LogP contribution in [0.4, 0.5) is 21.8 Å². The average Bonchev–Trinajstić information content (AvgIpc) is 3.56. The number of fused-ring (bicyclic) bond motifs is 1. The SMILES string of the molecule is C/C(=C\C1CCC(C)N1)c1ccc(Nc2ncc3c(F)c(C4CC4)n(-c4cccc(N)n4)c3n2)cc1. The van der Waals surface area contributed by atoms with Gasteiger partial charge in [0.15, 0.2) is 11.5 Å². The van der Waals surface area contributed by atoms with Gasteiger partial charge in [0.25, 0.3) is 0 Å². The summed E-state index contributed by atoms with van der Waals surface area (Å²) in [7, 11) is 0. The number of hydrogen-bond acceptors (Lipinski definition) is 6.